The first-order valence-corrected chi connectivity index (χ1v) is 2.87. The summed E-state index contributed by atoms with van der Waals surface area (Å²) in [5.74, 6) is -0.344. The van der Waals surface area contributed by atoms with E-state index in [1.165, 1.54) is 12.3 Å². The van der Waals surface area contributed by atoms with Gasteiger partial charge in [0.2, 0.25) is 0 Å². The third-order valence-electron chi connectivity index (χ3n) is 1.25. The molecule has 0 radical (unpaired) electrons. The summed E-state index contributed by atoms with van der Waals surface area (Å²) >= 11 is 0. The second-order valence-electron chi connectivity index (χ2n) is 1.94. The number of allylic oxidation sites excluding steroid dienone is 1. The second-order valence-corrected chi connectivity index (χ2v) is 1.94. The Kier molecular flexibility index (Phi) is 1.00. The third-order valence-corrected chi connectivity index (χ3v) is 1.25. The van der Waals surface area contributed by atoms with Crippen molar-refractivity contribution in [3.05, 3.63) is 11.8 Å². The van der Waals surface area contributed by atoms with Gasteiger partial charge in [-0.05, 0) is 0 Å². The highest BCUT2D eigenvalue weighted by Gasteiger charge is 2.29. The average Bonchev–Trinajstić information content (AvgIpc) is 2.31. The fourth-order valence-electron chi connectivity index (χ4n) is 0.812. The van der Waals surface area contributed by atoms with Crippen LogP contribution in [0.25, 0.3) is 0 Å². The lowest BCUT2D eigenvalue weighted by molar-refractivity contribution is -0.111. The summed E-state index contributed by atoms with van der Waals surface area (Å²) in [6.07, 6.45) is 1.94. The van der Waals surface area contributed by atoms with Gasteiger partial charge in [-0.2, -0.15) is 4.99 Å². The van der Waals surface area contributed by atoms with Crippen LogP contribution < -0.4 is 0 Å². The maximum absolute atomic E-state index is 10.8. The van der Waals surface area contributed by atoms with Crippen LogP contribution >= 0.6 is 0 Å². The van der Waals surface area contributed by atoms with Gasteiger partial charge in [-0.25, -0.2) is 9.79 Å². The molecule has 54 valence electrons. The molecule has 0 N–H and O–H groups in total. The molecule has 0 fully saturated rings. The number of hydrogen-bond donors (Lipinski definition) is 0. The van der Waals surface area contributed by atoms with Gasteiger partial charge in [0.1, 0.15) is 0 Å². The fraction of sp³-hybridized carbons (Fsp3) is 0. The predicted molar refractivity (Wildman–Crippen MR) is 35.5 cm³/mol. The molecule has 0 aromatic rings. The van der Waals surface area contributed by atoms with Crippen molar-refractivity contribution >= 4 is 23.9 Å². The van der Waals surface area contributed by atoms with E-state index in [4.69, 9.17) is 0 Å². The highest BCUT2D eigenvalue weighted by atomic mass is 16.6. The number of carbonyl (C=O) groups is 2. The van der Waals surface area contributed by atoms with Gasteiger partial charge in [0.05, 0.1) is 0 Å². The monoisotopic (exact) mass is 150 g/mol. The van der Waals surface area contributed by atoms with Crippen LogP contribution in [0.2, 0.25) is 0 Å². The van der Waals surface area contributed by atoms with Gasteiger partial charge in [-0.3, -0.25) is 4.79 Å². The first-order chi connectivity index (χ1) is 5.27. The number of aliphatic imine (C=N–C) groups is 2. The van der Waals surface area contributed by atoms with Gasteiger partial charge in [-0.15, -0.1) is 0 Å². The number of hydrogen-bond acceptors (Lipinski definition) is 3. The Morgan fingerprint density at radius 2 is 2.18 bits per heavy atom. The Balaban J connectivity index is 2.52. The smallest absolute Gasteiger partial charge is 0.406 e. The van der Waals surface area contributed by atoms with Crippen molar-refractivity contribution < 1.29 is 14.3 Å². The number of carbonyl (C=O) groups excluding carboxylic acids is 2. The molecule has 0 saturated carbocycles. The predicted octanol–water partition coefficient (Wildman–Crippen LogP) is 0.0725. The van der Waals surface area contributed by atoms with Crippen molar-refractivity contribution in [2.75, 3.05) is 0 Å². The lowest BCUT2D eigenvalue weighted by atomic mass is 10.2. The fourth-order valence-corrected chi connectivity index (χ4v) is 0.812. The van der Waals surface area contributed by atoms with Crippen LogP contribution in [0.15, 0.2) is 21.8 Å². The third kappa shape index (κ3) is 0.778. The van der Waals surface area contributed by atoms with Crippen molar-refractivity contribution in [1.29, 1.82) is 0 Å². The van der Waals surface area contributed by atoms with Crippen LogP contribution in [0, 0.1) is 0 Å². The van der Waals surface area contributed by atoms with Crippen molar-refractivity contribution in [3.8, 4) is 0 Å². The Morgan fingerprint density at radius 3 is 2.91 bits per heavy atom. The molecule has 2 amide bonds. The minimum atomic E-state index is -0.759. The van der Waals surface area contributed by atoms with E-state index in [0.717, 1.165) is 0 Å². The molecule has 0 aromatic carbocycles. The molecule has 2 aliphatic heterocycles. The number of amides is 2. The Bertz CT molecular complexity index is 338. The largest absolute Gasteiger partial charge is 0.440 e. The van der Waals surface area contributed by atoms with Gasteiger partial charge >= 0.3 is 6.09 Å². The van der Waals surface area contributed by atoms with Gasteiger partial charge in [0.15, 0.2) is 11.5 Å². The molecule has 0 bridgehead atoms. The zero-order chi connectivity index (χ0) is 7.84. The summed E-state index contributed by atoms with van der Waals surface area (Å²) in [7, 11) is 0. The van der Waals surface area contributed by atoms with Crippen molar-refractivity contribution in [3.63, 3.8) is 0 Å². The maximum Gasteiger partial charge on any atom is 0.440 e. The van der Waals surface area contributed by atoms with Gasteiger partial charge in [-0.1, -0.05) is 0 Å². The van der Waals surface area contributed by atoms with E-state index >= 15 is 0 Å². The van der Waals surface area contributed by atoms with Crippen LogP contribution in [0.1, 0.15) is 0 Å². The normalized spacial score (nSPS) is 20.7. The van der Waals surface area contributed by atoms with Crippen LogP contribution in [0.3, 0.4) is 0 Å². The Morgan fingerprint density at radius 1 is 1.36 bits per heavy atom. The molecule has 2 aliphatic rings. The van der Waals surface area contributed by atoms with Crippen LogP contribution in [-0.4, -0.2) is 23.9 Å². The molecule has 0 unspecified atom stereocenters. The molecule has 2 rings (SSSR count). The van der Waals surface area contributed by atoms with Gasteiger partial charge in [0.25, 0.3) is 5.91 Å². The summed E-state index contributed by atoms with van der Waals surface area (Å²) < 4.78 is 4.54. The topological polar surface area (TPSA) is 68.1 Å². The molecule has 11 heavy (non-hydrogen) atoms. The molecule has 0 aromatic heterocycles. The SMILES string of the molecule is O=C1N=C2C(=O)N=CC=C2O1. The second kappa shape index (κ2) is 1.85. The van der Waals surface area contributed by atoms with Crippen LogP contribution in [-0.2, 0) is 9.53 Å². The molecule has 0 aliphatic carbocycles. The lowest BCUT2D eigenvalue weighted by Crippen LogP contribution is -2.14. The first-order valence-electron chi connectivity index (χ1n) is 2.87. The van der Waals surface area contributed by atoms with E-state index in [2.05, 4.69) is 14.7 Å². The summed E-state index contributed by atoms with van der Waals surface area (Å²) in [5.41, 5.74) is -0.00231. The van der Waals surface area contributed by atoms with Crippen molar-refractivity contribution in [1.82, 2.24) is 0 Å². The maximum atomic E-state index is 10.8. The summed E-state index contributed by atoms with van der Waals surface area (Å²) in [6.45, 7) is 0. The molecule has 0 spiro atoms. The minimum Gasteiger partial charge on any atom is -0.406 e. The van der Waals surface area contributed by atoms with Gasteiger partial charge in [0, 0.05) is 12.3 Å². The van der Waals surface area contributed by atoms with Crippen molar-refractivity contribution in [2.24, 2.45) is 9.98 Å². The van der Waals surface area contributed by atoms with E-state index in [9.17, 15) is 9.59 Å². The summed E-state index contributed by atoms with van der Waals surface area (Å²) in [6, 6.07) is 0. The van der Waals surface area contributed by atoms with Crippen molar-refractivity contribution in [2.45, 2.75) is 0 Å². The van der Waals surface area contributed by atoms with E-state index < -0.39 is 12.0 Å². The first kappa shape index (κ1) is 5.96. The Hall–Kier alpha value is -1.78. The number of nitrogens with zero attached hydrogens (tertiary/aromatic N) is 2. The van der Waals surface area contributed by atoms with E-state index in [-0.39, 0.29) is 11.5 Å². The van der Waals surface area contributed by atoms with E-state index in [0.29, 0.717) is 0 Å². The molecule has 5 heteroatoms. The minimum absolute atomic E-state index is 0.00231. The van der Waals surface area contributed by atoms with Crippen LogP contribution in [0.4, 0.5) is 4.79 Å². The standard InChI is InChI=1S/C6H2N2O3/c9-5-4-3(1-2-7-5)11-6(10)8-4/h1-2H. The number of fused-ring (bicyclic) bond motifs is 1. The number of ether oxygens (including phenoxy) is 1. The lowest BCUT2D eigenvalue weighted by Gasteiger charge is -1.98. The zero-order valence-electron chi connectivity index (χ0n) is 5.27. The molecular weight excluding hydrogens is 148 g/mol. The number of rotatable bonds is 0. The summed E-state index contributed by atoms with van der Waals surface area (Å²) in [5, 5.41) is 0. The highest BCUT2D eigenvalue weighted by Crippen LogP contribution is 2.14. The number of dihydropyridines is 1. The average molecular weight is 150 g/mol. The zero-order valence-corrected chi connectivity index (χ0v) is 5.27. The molecular formula is C6H2N2O3. The van der Waals surface area contributed by atoms with Crippen LogP contribution in [0.5, 0.6) is 0 Å². The Labute approximate surface area is 61.1 Å². The molecule has 2 heterocycles. The molecule has 0 atom stereocenters. The highest BCUT2D eigenvalue weighted by molar-refractivity contribution is 6.50. The van der Waals surface area contributed by atoms with E-state index in [1.54, 1.807) is 0 Å². The molecule has 0 saturated heterocycles. The summed E-state index contributed by atoms with van der Waals surface area (Å²) in [4.78, 5) is 28.0. The molecule has 5 nitrogen and oxygen atoms in total. The van der Waals surface area contributed by atoms with Gasteiger partial charge < -0.3 is 4.74 Å². The quantitative estimate of drug-likeness (QED) is 0.490. The van der Waals surface area contributed by atoms with E-state index in [1.807, 2.05) is 0 Å².